The first kappa shape index (κ1) is 11.3. The van der Waals surface area contributed by atoms with E-state index >= 15 is 0 Å². The molecule has 1 N–H and O–H groups in total. The largest absolute Gasteiger partial charge is 0.486 e. The molecule has 102 valence electrons. The second-order valence-electron chi connectivity index (χ2n) is 4.87. The van der Waals surface area contributed by atoms with E-state index < -0.39 is 0 Å². The number of nitrogens with zero attached hydrogens (tertiary/aromatic N) is 3. The van der Waals surface area contributed by atoms with Crippen molar-refractivity contribution in [3.05, 3.63) is 24.0 Å². The Morgan fingerprint density at radius 1 is 1.20 bits per heavy atom. The SMILES string of the molecule is Cc1c(-c2nc3cc4c(cc3[nH]2)OCCO4)cnn1C. The molecule has 20 heavy (non-hydrogen) atoms. The predicted molar refractivity (Wildman–Crippen MR) is 74.0 cm³/mol. The van der Waals surface area contributed by atoms with Gasteiger partial charge in [-0.1, -0.05) is 0 Å². The number of ether oxygens (including phenoxy) is 2. The van der Waals surface area contributed by atoms with Crippen LogP contribution in [0.5, 0.6) is 11.5 Å². The third-order valence-electron chi connectivity index (χ3n) is 3.64. The quantitative estimate of drug-likeness (QED) is 0.735. The first-order valence-corrected chi connectivity index (χ1v) is 6.51. The molecule has 1 aromatic carbocycles. The standard InChI is InChI=1S/C14H14N4O2/c1-8-9(7-15-18(8)2)14-16-10-5-12-13(6-11(10)17-14)20-4-3-19-12/h5-7H,3-4H2,1-2H3,(H,16,17). The van der Waals surface area contributed by atoms with Crippen molar-refractivity contribution < 1.29 is 9.47 Å². The van der Waals surface area contributed by atoms with Crippen LogP contribution in [0, 0.1) is 6.92 Å². The Morgan fingerprint density at radius 2 is 1.95 bits per heavy atom. The van der Waals surface area contributed by atoms with E-state index in [4.69, 9.17) is 9.47 Å². The maximum Gasteiger partial charge on any atom is 0.163 e. The molecule has 0 unspecified atom stereocenters. The van der Waals surface area contributed by atoms with Gasteiger partial charge in [-0.05, 0) is 6.92 Å². The van der Waals surface area contributed by atoms with E-state index in [1.54, 1.807) is 0 Å². The number of aromatic nitrogens is 4. The molecule has 3 aromatic rings. The Morgan fingerprint density at radius 3 is 2.65 bits per heavy atom. The minimum Gasteiger partial charge on any atom is -0.486 e. The Bertz CT molecular complexity index is 760. The summed E-state index contributed by atoms with van der Waals surface area (Å²) in [7, 11) is 1.92. The zero-order valence-electron chi connectivity index (χ0n) is 11.3. The van der Waals surface area contributed by atoms with E-state index in [-0.39, 0.29) is 0 Å². The summed E-state index contributed by atoms with van der Waals surface area (Å²) in [5.41, 5.74) is 3.88. The van der Waals surface area contributed by atoms with Crippen LogP contribution in [0.4, 0.5) is 0 Å². The molecule has 0 spiro atoms. The number of hydrogen-bond acceptors (Lipinski definition) is 4. The predicted octanol–water partition coefficient (Wildman–Crippen LogP) is 2.04. The summed E-state index contributed by atoms with van der Waals surface area (Å²) in [5.74, 6) is 2.33. The molecule has 0 bridgehead atoms. The van der Waals surface area contributed by atoms with E-state index in [9.17, 15) is 0 Å². The summed E-state index contributed by atoms with van der Waals surface area (Å²) in [5, 5.41) is 4.25. The number of hydrogen-bond donors (Lipinski definition) is 1. The summed E-state index contributed by atoms with van der Waals surface area (Å²) < 4.78 is 13.0. The Hall–Kier alpha value is -2.50. The average molecular weight is 270 g/mol. The number of H-pyrrole nitrogens is 1. The van der Waals surface area contributed by atoms with E-state index in [2.05, 4.69) is 15.1 Å². The van der Waals surface area contributed by atoms with Gasteiger partial charge in [-0.2, -0.15) is 5.10 Å². The summed E-state index contributed by atoms with van der Waals surface area (Å²) in [6.07, 6.45) is 1.82. The molecular formula is C14H14N4O2. The monoisotopic (exact) mass is 270 g/mol. The fraction of sp³-hybridized carbons (Fsp3) is 0.286. The van der Waals surface area contributed by atoms with Gasteiger partial charge in [0.25, 0.3) is 0 Å². The number of aryl methyl sites for hydroxylation is 1. The van der Waals surface area contributed by atoms with Crippen LogP contribution in [0.3, 0.4) is 0 Å². The van der Waals surface area contributed by atoms with E-state index in [1.165, 1.54) is 0 Å². The van der Waals surface area contributed by atoms with Gasteiger partial charge in [-0.25, -0.2) is 4.98 Å². The fourth-order valence-corrected chi connectivity index (χ4v) is 2.41. The van der Waals surface area contributed by atoms with Gasteiger partial charge in [-0.15, -0.1) is 0 Å². The molecule has 6 heteroatoms. The summed E-state index contributed by atoms with van der Waals surface area (Å²) in [6.45, 7) is 3.19. The van der Waals surface area contributed by atoms with Crippen molar-refractivity contribution in [3.8, 4) is 22.9 Å². The molecule has 0 saturated carbocycles. The first-order chi connectivity index (χ1) is 9.72. The number of fused-ring (bicyclic) bond motifs is 2. The summed E-state index contributed by atoms with van der Waals surface area (Å²) in [4.78, 5) is 7.94. The zero-order valence-corrected chi connectivity index (χ0v) is 11.3. The van der Waals surface area contributed by atoms with Crippen molar-refractivity contribution >= 4 is 11.0 Å². The highest BCUT2D eigenvalue weighted by Crippen LogP contribution is 2.34. The van der Waals surface area contributed by atoms with Crippen molar-refractivity contribution in [2.45, 2.75) is 6.92 Å². The summed E-state index contributed by atoms with van der Waals surface area (Å²) >= 11 is 0. The van der Waals surface area contributed by atoms with Crippen LogP contribution in [0.15, 0.2) is 18.3 Å². The smallest absolute Gasteiger partial charge is 0.163 e. The molecular weight excluding hydrogens is 256 g/mol. The molecule has 3 heterocycles. The second kappa shape index (κ2) is 4.00. The minimum absolute atomic E-state index is 0.581. The maximum absolute atomic E-state index is 5.59. The molecule has 0 saturated heterocycles. The Labute approximate surface area is 115 Å². The van der Waals surface area contributed by atoms with Crippen LogP contribution in [-0.4, -0.2) is 33.0 Å². The van der Waals surface area contributed by atoms with Gasteiger partial charge in [0.05, 0.1) is 22.8 Å². The molecule has 1 aliphatic rings. The highest BCUT2D eigenvalue weighted by atomic mass is 16.6. The molecule has 0 fully saturated rings. The highest BCUT2D eigenvalue weighted by Gasteiger charge is 2.16. The van der Waals surface area contributed by atoms with Crippen molar-refractivity contribution in [3.63, 3.8) is 0 Å². The third kappa shape index (κ3) is 1.57. The van der Waals surface area contributed by atoms with Crippen LogP contribution < -0.4 is 9.47 Å². The van der Waals surface area contributed by atoms with Crippen LogP contribution in [0.25, 0.3) is 22.4 Å². The van der Waals surface area contributed by atoms with Gasteiger partial charge in [-0.3, -0.25) is 4.68 Å². The van der Waals surface area contributed by atoms with Gasteiger partial charge in [0.15, 0.2) is 11.5 Å². The number of nitrogens with one attached hydrogen (secondary N) is 1. The molecule has 0 radical (unpaired) electrons. The van der Waals surface area contributed by atoms with Crippen molar-refractivity contribution in [1.29, 1.82) is 0 Å². The average Bonchev–Trinajstić information content (AvgIpc) is 3.00. The molecule has 1 aliphatic heterocycles. The molecule has 0 amide bonds. The lowest BCUT2D eigenvalue weighted by atomic mass is 10.2. The Balaban J connectivity index is 1.88. The van der Waals surface area contributed by atoms with Gasteiger partial charge < -0.3 is 14.5 Å². The second-order valence-corrected chi connectivity index (χ2v) is 4.87. The molecule has 4 rings (SSSR count). The fourth-order valence-electron chi connectivity index (χ4n) is 2.41. The number of imidazole rings is 1. The van der Waals surface area contributed by atoms with Gasteiger partial charge in [0.2, 0.25) is 0 Å². The molecule has 2 aromatic heterocycles. The van der Waals surface area contributed by atoms with Crippen LogP contribution in [-0.2, 0) is 7.05 Å². The summed E-state index contributed by atoms with van der Waals surface area (Å²) in [6, 6.07) is 3.85. The topological polar surface area (TPSA) is 65.0 Å². The third-order valence-corrected chi connectivity index (χ3v) is 3.64. The molecule has 6 nitrogen and oxygen atoms in total. The Kier molecular flexibility index (Phi) is 2.26. The van der Waals surface area contributed by atoms with E-state index in [1.807, 2.05) is 37.0 Å². The van der Waals surface area contributed by atoms with Crippen LogP contribution in [0.1, 0.15) is 5.69 Å². The first-order valence-electron chi connectivity index (χ1n) is 6.51. The van der Waals surface area contributed by atoms with E-state index in [0.29, 0.717) is 13.2 Å². The number of benzene rings is 1. The molecule has 0 aliphatic carbocycles. The number of rotatable bonds is 1. The van der Waals surface area contributed by atoms with Crippen molar-refractivity contribution in [2.24, 2.45) is 7.05 Å². The lowest BCUT2D eigenvalue weighted by Crippen LogP contribution is -2.15. The maximum atomic E-state index is 5.59. The van der Waals surface area contributed by atoms with E-state index in [0.717, 1.165) is 39.6 Å². The normalized spacial score (nSPS) is 13.9. The van der Waals surface area contributed by atoms with Gasteiger partial charge in [0.1, 0.15) is 19.0 Å². The molecule has 0 atom stereocenters. The van der Waals surface area contributed by atoms with Gasteiger partial charge >= 0.3 is 0 Å². The van der Waals surface area contributed by atoms with Crippen LogP contribution >= 0.6 is 0 Å². The lowest BCUT2D eigenvalue weighted by molar-refractivity contribution is 0.172. The van der Waals surface area contributed by atoms with Crippen molar-refractivity contribution in [1.82, 2.24) is 19.7 Å². The van der Waals surface area contributed by atoms with Crippen molar-refractivity contribution in [2.75, 3.05) is 13.2 Å². The lowest BCUT2D eigenvalue weighted by Gasteiger charge is -2.17. The zero-order chi connectivity index (χ0) is 13.7. The number of aromatic amines is 1. The van der Waals surface area contributed by atoms with Gasteiger partial charge in [0, 0.05) is 24.9 Å². The minimum atomic E-state index is 0.581. The van der Waals surface area contributed by atoms with Crippen LogP contribution in [0.2, 0.25) is 0 Å². The highest BCUT2D eigenvalue weighted by molar-refractivity contribution is 5.83.